The molecule has 1 aliphatic heterocycles. The van der Waals surface area contributed by atoms with E-state index in [1.54, 1.807) is 14.1 Å². The van der Waals surface area contributed by atoms with Crippen molar-refractivity contribution < 1.29 is 22.7 Å². The molecule has 1 amide bonds. The highest BCUT2D eigenvalue weighted by Crippen LogP contribution is 2.44. The zero-order chi connectivity index (χ0) is 22.5. The number of carbonyl (C=O) groups excluding carboxylic acids is 1. The molecular formula is C20H18F3IN2O2P2. The predicted molar refractivity (Wildman–Crippen MR) is 128 cm³/mol. The van der Waals surface area contributed by atoms with Crippen LogP contribution in [-0.4, -0.2) is 31.9 Å². The summed E-state index contributed by atoms with van der Waals surface area (Å²) >= 11 is 1.88. The fourth-order valence-electron chi connectivity index (χ4n) is 3.25. The van der Waals surface area contributed by atoms with Gasteiger partial charge in [-0.3, -0.25) is 9.69 Å². The zero-order valence-corrected chi connectivity index (χ0v) is 20.8. The molecule has 2 aromatic carbocycles. The molecule has 158 valence electrons. The van der Waals surface area contributed by atoms with E-state index in [0.29, 0.717) is 8.87 Å². The molecule has 0 saturated heterocycles. The Morgan fingerprint density at radius 1 is 1.30 bits per heavy atom. The maximum absolute atomic E-state index is 15.1. The van der Waals surface area contributed by atoms with E-state index in [0.717, 1.165) is 6.07 Å². The lowest BCUT2D eigenvalue weighted by Gasteiger charge is -2.38. The van der Waals surface area contributed by atoms with E-state index in [4.69, 9.17) is 11.2 Å². The summed E-state index contributed by atoms with van der Waals surface area (Å²) < 4.78 is 51.0. The summed E-state index contributed by atoms with van der Waals surface area (Å²) in [6.07, 6.45) is 5.40. The van der Waals surface area contributed by atoms with Gasteiger partial charge in [0.2, 0.25) is 0 Å². The van der Waals surface area contributed by atoms with Crippen LogP contribution in [0.1, 0.15) is 6.92 Å². The van der Waals surface area contributed by atoms with Crippen molar-refractivity contribution in [1.82, 2.24) is 0 Å². The zero-order valence-electron chi connectivity index (χ0n) is 16.3. The minimum absolute atomic E-state index is 0.0615. The van der Waals surface area contributed by atoms with Crippen molar-refractivity contribution in [3.8, 4) is 29.2 Å². The first-order valence-electron chi connectivity index (χ1n) is 8.62. The molecule has 0 bridgehead atoms. The molecule has 1 heterocycles. The Labute approximate surface area is 191 Å². The van der Waals surface area contributed by atoms with E-state index < -0.39 is 28.7 Å². The van der Waals surface area contributed by atoms with Crippen molar-refractivity contribution in [2.75, 3.05) is 30.4 Å². The van der Waals surface area contributed by atoms with Crippen LogP contribution in [0, 0.1) is 33.4 Å². The number of anilines is 2. The fraction of sp³-hybridized carbons (Fsp3) is 0.250. The molecule has 0 aliphatic carbocycles. The quantitative estimate of drug-likeness (QED) is 0.246. The Morgan fingerprint density at radius 3 is 2.50 bits per heavy atom. The van der Waals surface area contributed by atoms with Gasteiger partial charge in [-0.2, -0.15) is 0 Å². The van der Waals surface area contributed by atoms with Gasteiger partial charge >= 0.3 is 0 Å². The van der Waals surface area contributed by atoms with Gasteiger partial charge in [-0.25, -0.2) is 13.2 Å². The Morgan fingerprint density at radius 2 is 1.93 bits per heavy atom. The first-order chi connectivity index (χ1) is 13.9. The third-order valence-electron chi connectivity index (χ3n) is 4.63. The number of benzene rings is 2. The summed E-state index contributed by atoms with van der Waals surface area (Å²) in [5.74, 6) is -1.09. The molecule has 0 N–H and O–H groups in total. The lowest BCUT2D eigenvalue weighted by molar-refractivity contribution is -0.127. The standard InChI is InChI=1S/C20H18F3IN2O2P2/c1-5-6-26-11-7-9(10(21)8-12(11)28-20(2,30)19(26)27)13-14(22)15(23)17(25(3)4)16(24)18(13)29/h1,7-8H,6,29-30H2,2-4H3. The first kappa shape index (κ1) is 23.1. The van der Waals surface area contributed by atoms with Crippen LogP contribution in [0.15, 0.2) is 12.1 Å². The normalized spacial score (nSPS) is 18.0. The molecule has 0 radical (unpaired) electrons. The highest BCUT2D eigenvalue weighted by atomic mass is 127. The number of carbonyl (C=O) groups is 1. The fourth-order valence-corrected chi connectivity index (χ4v) is 4.94. The van der Waals surface area contributed by atoms with E-state index in [1.807, 2.05) is 22.6 Å². The van der Waals surface area contributed by atoms with E-state index in [1.165, 1.54) is 22.8 Å². The Kier molecular flexibility index (Phi) is 6.30. The maximum Gasteiger partial charge on any atom is 0.275 e. The second-order valence-corrected chi connectivity index (χ2v) is 9.84. The lowest BCUT2D eigenvalue weighted by Crippen LogP contribution is -2.50. The van der Waals surface area contributed by atoms with Gasteiger partial charge in [0.25, 0.3) is 5.91 Å². The Balaban J connectivity index is 2.31. The van der Waals surface area contributed by atoms with E-state index in [-0.39, 0.29) is 34.8 Å². The SMILES string of the molecule is C#CCN1C(=O)C(C)(P)Oc2cc(F)c(-c3c(F)c(F)c(N(C)C)c(I)c3P)cc21. The van der Waals surface area contributed by atoms with Crippen molar-refractivity contribution >= 4 is 63.7 Å². The van der Waals surface area contributed by atoms with Crippen LogP contribution in [0.3, 0.4) is 0 Å². The summed E-state index contributed by atoms with van der Waals surface area (Å²) in [5, 5.41) is -1.04. The number of amides is 1. The molecule has 3 unspecified atom stereocenters. The molecular weight excluding hydrogens is 546 g/mol. The number of hydrogen-bond donors (Lipinski definition) is 0. The number of hydrogen-bond acceptors (Lipinski definition) is 3. The van der Waals surface area contributed by atoms with Gasteiger partial charge in [0, 0.05) is 34.9 Å². The van der Waals surface area contributed by atoms with Crippen molar-refractivity contribution in [3.63, 3.8) is 0 Å². The highest BCUT2D eigenvalue weighted by Gasteiger charge is 2.41. The molecule has 2 aromatic rings. The summed E-state index contributed by atoms with van der Waals surface area (Å²) in [5.41, 5.74) is -0.207. The summed E-state index contributed by atoms with van der Waals surface area (Å²) in [6, 6.07) is 2.31. The first-order valence-corrected chi connectivity index (χ1v) is 10.9. The van der Waals surface area contributed by atoms with Crippen LogP contribution in [0.5, 0.6) is 5.75 Å². The van der Waals surface area contributed by atoms with Crippen molar-refractivity contribution in [3.05, 3.63) is 33.2 Å². The molecule has 4 nitrogen and oxygen atoms in total. The van der Waals surface area contributed by atoms with Crippen molar-refractivity contribution in [2.24, 2.45) is 0 Å². The van der Waals surface area contributed by atoms with Crippen LogP contribution < -0.4 is 19.8 Å². The van der Waals surface area contributed by atoms with Gasteiger partial charge in [0.1, 0.15) is 11.6 Å². The molecule has 30 heavy (non-hydrogen) atoms. The lowest BCUT2D eigenvalue weighted by atomic mass is 10.0. The molecule has 10 heteroatoms. The third-order valence-corrected chi connectivity index (χ3v) is 7.25. The van der Waals surface area contributed by atoms with E-state index in [2.05, 4.69) is 24.4 Å². The van der Waals surface area contributed by atoms with E-state index in [9.17, 15) is 9.18 Å². The number of nitrogens with zero attached hydrogens (tertiary/aromatic N) is 2. The Bertz CT molecular complexity index is 1090. The Hall–Kier alpha value is -1.55. The van der Waals surface area contributed by atoms with Gasteiger partial charge < -0.3 is 9.64 Å². The summed E-state index contributed by atoms with van der Waals surface area (Å²) in [6.45, 7) is 1.42. The second kappa shape index (κ2) is 8.18. The maximum atomic E-state index is 15.1. The van der Waals surface area contributed by atoms with Crippen LogP contribution in [-0.2, 0) is 4.79 Å². The topological polar surface area (TPSA) is 32.8 Å². The molecule has 1 aliphatic rings. The second-order valence-electron chi connectivity index (χ2n) is 7.08. The van der Waals surface area contributed by atoms with Gasteiger partial charge in [-0.15, -0.1) is 15.7 Å². The number of rotatable bonds is 3. The smallest absolute Gasteiger partial charge is 0.275 e. The number of terminal acetylenes is 1. The van der Waals surface area contributed by atoms with Crippen molar-refractivity contribution in [1.29, 1.82) is 0 Å². The largest absolute Gasteiger partial charge is 0.472 e. The van der Waals surface area contributed by atoms with Crippen LogP contribution in [0.2, 0.25) is 0 Å². The number of fused-ring (bicyclic) bond motifs is 1. The van der Waals surface area contributed by atoms with Crippen LogP contribution in [0.4, 0.5) is 24.5 Å². The molecule has 3 rings (SSSR count). The number of halogens is 4. The van der Waals surface area contributed by atoms with Crippen molar-refractivity contribution in [2.45, 2.75) is 12.3 Å². The monoisotopic (exact) mass is 564 g/mol. The number of ether oxygens (including phenoxy) is 1. The molecule has 0 saturated carbocycles. The minimum atomic E-state index is -1.33. The summed E-state index contributed by atoms with van der Waals surface area (Å²) in [7, 11) is 7.78. The molecule has 0 fully saturated rings. The van der Waals surface area contributed by atoms with Gasteiger partial charge in [0.05, 0.1) is 17.9 Å². The molecule has 0 aromatic heterocycles. The van der Waals surface area contributed by atoms with E-state index >= 15 is 8.78 Å². The van der Waals surface area contributed by atoms with Gasteiger partial charge in [-0.1, -0.05) is 15.2 Å². The van der Waals surface area contributed by atoms with Gasteiger partial charge in [-0.05, 0) is 40.9 Å². The van der Waals surface area contributed by atoms with Crippen LogP contribution in [0.25, 0.3) is 11.1 Å². The average molecular weight is 564 g/mol. The molecule has 0 spiro atoms. The highest BCUT2D eigenvalue weighted by molar-refractivity contribution is 14.1. The third kappa shape index (κ3) is 3.66. The molecule has 3 atom stereocenters. The van der Waals surface area contributed by atoms with Crippen LogP contribution >= 0.6 is 41.1 Å². The average Bonchev–Trinajstić information content (AvgIpc) is 2.64. The minimum Gasteiger partial charge on any atom is -0.472 e. The summed E-state index contributed by atoms with van der Waals surface area (Å²) in [4.78, 5) is 15.4. The predicted octanol–water partition coefficient (Wildman–Crippen LogP) is 3.89. The van der Waals surface area contributed by atoms with Gasteiger partial charge in [0.15, 0.2) is 17.0 Å².